The summed E-state index contributed by atoms with van der Waals surface area (Å²) in [6, 6.07) is 10.3. The molecule has 0 spiro atoms. The van der Waals surface area contributed by atoms with Gasteiger partial charge in [0.25, 0.3) is 0 Å². The highest BCUT2D eigenvalue weighted by Crippen LogP contribution is 2.40. The van der Waals surface area contributed by atoms with Crippen LogP contribution in [0.5, 0.6) is 0 Å². The van der Waals surface area contributed by atoms with Gasteiger partial charge in [0, 0.05) is 35.3 Å². The number of fused-ring (bicyclic) bond motifs is 2. The Bertz CT molecular complexity index is 1440. The Morgan fingerprint density at radius 3 is 2.66 bits per heavy atom. The molecule has 1 fully saturated rings. The Hall–Kier alpha value is -3.50. The molecule has 0 amide bonds. The number of nitrogens with two attached hydrogens (primary N) is 1. The van der Waals surface area contributed by atoms with E-state index in [1.807, 2.05) is 18.3 Å². The van der Waals surface area contributed by atoms with E-state index in [9.17, 15) is 9.90 Å². The Balaban J connectivity index is 1.33. The molecular weight excluding hydrogens is 510 g/mol. The van der Waals surface area contributed by atoms with Crippen LogP contribution in [0.4, 0.5) is 11.5 Å². The number of halogens is 1. The van der Waals surface area contributed by atoms with Crippen LogP contribution in [0, 0.1) is 5.92 Å². The summed E-state index contributed by atoms with van der Waals surface area (Å²) >= 11 is 3.62. The third-order valence-corrected chi connectivity index (χ3v) is 7.90. The molecule has 1 saturated carbocycles. The van der Waals surface area contributed by atoms with Gasteiger partial charge in [-0.2, -0.15) is 9.61 Å². The summed E-state index contributed by atoms with van der Waals surface area (Å²) in [5.74, 6) is -0.354. The van der Waals surface area contributed by atoms with Crippen LogP contribution in [0.1, 0.15) is 42.9 Å². The second-order valence-corrected chi connectivity index (χ2v) is 9.95. The molecule has 0 radical (unpaired) electrons. The monoisotopic (exact) mass is 533 g/mol. The van der Waals surface area contributed by atoms with Crippen molar-refractivity contribution in [2.75, 3.05) is 11.2 Å². The zero-order chi connectivity index (χ0) is 24.1. The second-order valence-electron chi connectivity index (χ2n) is 9.16. The van der Waals surface area contributed by atoms with Crippen LogP contribution in [-0.4, -0.2) is 30.7 Å². The molecule has 2 aliphatic rings. The number of benzene rings is 1. The van der Waals surface area contributed by atoms with Gasteiger partial charge in [-0.25, -0.2) is 10.4 Å². The number of carboxylic acid groups (broad SMARTS) is 1. The predicted molar refractivity (Wildman–Crippen MR) is 137 cm³/mol. The first kappa shape index (κ1) is 22.0. The van der Waals surface area contributed by atoms with Gasteiger partial charge in [-0.15, -0.1) is 0 Å². The number of aliphatic carboxylic acids is 1. The number of hydrogen-bond acceptors (Lipinski definition) is 7. The number of carboxylic acids is 1. The van der Waals surface area contributed by atoms with Crippen LogP contribution >= 0.6 is 15.9 Å². The summed E-state index contributed by atoms with van der Waals surface area (Å²) in [4.78, 5) is 21.0. The Kier molecular flexibility index (Phi) is 5.42. The highest BCUT2D eigenvalue weighted by atomic mass is 79.9. The van der Waals surface area contributed by atoms with Gasteiger partial charge in [-0.3, -0.25) is 9.78 Å². The Morgan fingerprint density at radius 2 is 1.91 bits per heavy atom. The normalized spacial score (nSPS) is 19.5. The molecule has 4 aromatic rings. The lowest BCUT2D eigenvalue weighted by atomic mass is 9.80. The van der Waals surface area contributed by atoms with Crippen molar-refractivity contribution in [1.82, 2.24) is 25.0 Å². The highest BCUT2D eigenvalue weighted by molar-refractivity contribution is 9.10. The van der Waals surface area contributed by atoms with Gasteiger partial charge in [0.15, 0.2) is 5.65 Å². The van der Waals surface area contributed by atoms with E-state index in [0.29, 0.717) is 24.3 Å². The number of hydrazine groups is 1. The topological polar surface area (TPSA) is 130 Å². The van der Waals surface area contributed by atoms with Crippen LogP contribution in [0.2, 0.25) is 0 Å². The van der Waals surface area contributed by atoms with Gasteiger partial charge in [-0.1, -0.05) is 12.1 Å². The van der Waals surface area contributed by atoms with E-state index in [0.717, 1.165) is 57.6 Å². The molecule has 35 heavy (non-hydrogen) atoms. The van der Waals surface area contributed by atoms with Crippen molar-refractivity contribution in [3.05, 3.63) is 58.5 Å². The standard InChI is InChI=1S/C25H24BrN7O2/c26-21-22(13-1-3-14(4-2-13)25(34)35)31-24-18(12-30-33(24)23(21)27)16-6-7-19(28-10-16)15-5-8-20-17(9-15)11-29-32-20/h5-10,12-14,29,32H,1-4,11,27H2,(H,34,35). The number of hydrogen-bond donors (Lipinski definition) is 4. The lowest BCUT2D eigenvalue weighted by Gasteiger charge is -2.26. The molecule has 9 nitrogen and oxygen atoms in total. The first-order chi connectivity index (χ1) is 17.0. The molecule has 178 valence electrons. The number of rotatable bonds is 4. The predicted octanol–water partition coefficient (Wildman–Crippen LogP) is 4.59. The zero-order valence-corrected chi connectivity index (χ0v) is 20.4. The van der Waals surface area contributed by atoms with Gasteiger partial charge in [-0.05, 0) is 65.4 Å². The van der Waals surface area contributed by atoms with E-state index in [1.54, 1.807) is 10.7 Å². The van der Waals surface area contributed by atoms with Crippen molar-refractivity contribution >= 4 is 39.1 Å². The van der Waals surface area contributed by atoms with Crippen LogP contribution in [-0.2, 0) is 11.3 Å². The maximum atomic E-state index is 11.4. The van der Waals surface area contributed by atoms with Gasteiger partial charge in [0.2, 0.25) is 0 Å². The van der Waals surface area contributed by atoms with Crippen molar-refractivity contribution in [1.29, 1.82) is 0 Å². The molecule has 0 unspecified atom stereocenters. The summed E-state index contributed by atoms with van der Waals surface area (Å²) < 4.78 is 2.37. The molecule has 1 aliphatic carbocycles. The number of pyridine rings is 1. The maximum Gasteiger partial charge on any atom is 0.306 e. The number of nitrogens with zero attached hydrogens (tertiary/aromatic N) is 4. The fourth-order valence-corrected chi connectivity index (χ4v) is 5.66. The summed E-state index contributed by atoms with van der Waals surface area (Å²) in [6.45, 7) is 0.784. The van der Waals surface area contributed by atoms with Crippen LogP contribution < -0.4 is 16.6 Å². The highest BCUT2D eigenvalue weighted by Gasteiger charge is 2.30. The van der Waals surface area contributed by atoms with Gasteiger partial charge in [0.05, 0.1) is 33.7 Å². The molecule has 6 rings (SSSR count). The van der Waals surface area contributed by atoms with Crippen LogP contribution in [0.25, 0.3) is 28.0 Å². The zero-order valence-electron chi connectivity index (χ0n) is 18.8. The molecule has 0 saturated heterocycles. The molecule has 10 heteroatoms. The summed E-state index contributed by atoms with van der Waals surface area (Å²) in [5.41, 5.74) is 20.3. The first-order valence-corrected chi connectivity index (χ1v) is 12.4. The van der Waals surface area contributed by atoms with Crippen molar-refractivity contribution in [2.45, 2.75) is 38.1 Å². The lowest BCUT2D eigenvalue weighted by Crippen LogP contribution is -2.21. The molecular formula is C25H24BrN7O2. The fourth-order valence-electron chi connectivity index (χ4n) is 5.08. The first-order valence-electron chi connectivity index (χ1n) is 11.6. The van der Waals surface area contributed by atoms with E-state index >= 15 is 0 Å². The molecule has 3 aromatic heterocycles. The average molecular weight is 534 g/mol. The Labute approximate surface area is 209 Å². The van der Waals surface area contributed by atoms with Gasteiger partial charge >= 0.3 is 5.97 Å². The maximum absolute atomic E-state index is 11.4. The fraction of sp³-hybridized carbons (Fsp3) is 0.280. The van der Waals surface area contributed by atoms with Crippen molar-refractivity contribution in [3.8, 4) is 22.4 Å². The molecule has 4 heterocycles. The minimum Gasteiger partial charge on any atom is -0.481 e. The average Bonchev–Trinajstić information content (AvgIpc) is 3.53. The van der Waals surface area contributed by atoms with E-state index in [2.05, 4.69) is 50.1 Å². The number of aromatic nitrogens is 4. The van der Waals surface area contributed by atoms with Crippen LogP contribution in [0.3, 0.4) is 0 Å². The van der Waals surface area contributed by atoms with Crippen molar-refractivity contribution in [2.24, 2.45) is 5.92 Å². The van der Waals surface area contributed by atoms with Crippen LogP contribution in [0.15, 0.2) is 47.2 Å². The van der Waals surface area contributed by atoms with Crippen molar-refractivity contribution in [3.63, 3.8) is 0 Å². The smallest absolute Gasteiger partial charge is 0.306 e. The molecule has 1 aliphatic heterocycles. The molecule has 1 aromatic carbocycles. The quantitative estimate of drug-likeness (QED) is 0.299. The third-order valence-electron chi connectivity index (χ3n) is 7.09. The third kappa shape index (κ3) is 3.82. The van der Waals surface area contributed by atoms with E-state index in [4.69, 9.17) is 15.7 Å². The van der Waals surface area contributed by atoms with E-state index in [1.165, 1.54) is 5.56 Å². The number of nitrogens with one attached hydrogen (secondary N) is 2. The lowest BCUT2D eigenvalue weighted by molar-refractivity contribution is -0.142. The van der Waals surface area contributed by atoms with Gasteiger partial charge < -0.3 is 16.3 Å². The molecule has 5 N–H and O–H groups in total. The summed E-state index contributed by atoms with van der Waals surface area (Å²) in [5, 5.41) is 13.8. The number of anilines is 2. The second kappa shape index (κ2) is 8.62. The van der Waals surface area contributed by atoms with E-state index in [-0.39, 0.29) is 11.8 Å². The molecule has 0 bridgehead atoms. The van der Waals surface area contributed by atoms with E-state index < -0.39 is 5.97 Å². The summed E-state index contributed by atoms with van der Waals surface area (Å²) in [7, 11) is 0. The SMILES string of the molecule is Nc1c(Br)c(C2CCC(C(=O)O)CC2)nc2c(-c3ccc(-c4ccc5c(c4)CNN5)nc3)cnn12. The molecule has 0 atom stereocenters. The van der Waals surface area contributed by atoms with Gasteiger partial charge in [0.1, 0.15) is 5.82 Å². The largest absolute Gasteiger partial charge is 0.481 e. The van der Waals surface area contributed by atoms with Crippen molar-refractivity contribution < 1.29 is 9.90 Å². The minimum absolute atomic E-state index is 0.152. The number of carbonyl (C=O) groups is 1. The number of nitrogen functional groups attached to an aromatic ring is 1. The minimum atomic E-state index is -0.715. The Morgan fingerprint density at radius 1 is 1.11 bits per heavy atom. The summed E-state index contributed by atoms with van der Waals surface area (Å²) in [6.07, 6.45) is 6.43.